The van der Waals surface area contributed by atoms with Crippen molar-refractivity contribution >= 4 is 0 Å². The molecule has 0 unspecified atom stereocenters. The summed E-state index contributed by atoms with van der Waals surface area (Å²) in [5.74, 6) is 0.362. The molecule has 2 N–H and O–H groups in total. The van der Waals surface area contributed by atoms with E-state index in [1.54, 1.807) is 23.4 Å². The molecular weight excluding hydrogens is 268 g/mol. The van der Waals surface area contributed by atoms with Crippen LogP contribution in [0.4, 0.5) is 0 Å². The van der Waals surface area contributed by atoms with Crippen molar-refractivity contribution < 1.29 is 5.11 Å². The molecule has 21 heavy (non-hydrogen) atoms. The van der Waals surface area contributed by atoms with Crippen molar-refractivity contribution in [1.82, 2.24) is 29.5 Å². The predicted octanol–water partition coefficient (Wildman–Crippen LogP) is 1.57. The number of aromatic nitrogens is 6. The summed E-state index contributed by atoms with van der Waals surface area (Å²) in [5, 5.41) is 20.3. The van der Waals surface area contributed by atoms with Gasteiger partial charge in [0.05, 0.1) is 42.6 Å². The summed E-state index contributed by atoms with van der Waals surface area (Å²) < 4.78 is 3.66. The molecule has 0 aliphatic carbocycles. The largest absolute Gasteiger partial charge is 0.394 e. The standard InChI is InChI=1S/C14H18N6O/c1-10(2)14-13(6-16-18-14)19-8-12(15-9-19)11-5-17-20(7-11)3-4-21/h5-10,21H,3-4H2,1-2H3,(H,16,18). The maximum atomic E-state index is 8.92. The van der Waals surface area contributed by atoms with Gasteiger partial charge in [-0.3, -0.25) is 9.78 Å². The van der Waals surface area contributed by atoms with Crippen LogP contribution in [0.3, 0.4) is 0 Å². The smallest absolute Gasteiger partial charge is 0.100 e. The van der Waals surface area contributed by atoms with Gasteiger partial charge < -0.3 is 9.67 Å². The van der Waals surface area contributed by atoms with Crippen LogP contribution in [0.2, 0.25) is 0 Å². The number of hydrogen-bond donors (Lipinski definition) is 2. The Kier molecular flexibility index (Phi) is 3.57. The van der Waals surface area contributed by atoms with Gasteiger partial charge in [-0.05, 0) is 5.92 Å². The molecule has 3 aromatic rings. The highest BCUT2D eigenvalue weighted by Gasteiger charge is 2.12. The molecule has 0 aliphatic heterocycles. The van der Waals surface area contributed by atoms with Crippen molar-refractivity contribution in [2.45, 2.75) is 26.3 Å². The van der Waals surface area contributed by atoms with Crippen LogP contribution < -0.4 is 0 Å². The number of nitrogens with one attached hydrogen (secondary N) is 1. The monoisotopic (exact) mass is 286 g/mol. The van der Waals surface area contributed by atoms with Crippen molar-refractivity contribution in [3.63, 3.8) is 0 Å². The van der Waals surface area contributed by atoms with E-state index >= 15 is 0 Å². The van der Waals surface area contributed by atoms with Gasteiger partial charge in [0.15, 0.2) is 0 Å². The third-order valence-electron chi connectivity index (χ3n) is 3.34. The number of imidazole rings is 1. The first kappa shape index (κ1) is 13.6. The average Bonchev–Trinajstić information content (AvgIpc) is 3.18. The molecule has 3 aromatic heterocycles. The van der Waals surface area contributed by atoms with Gasteiger partial charge in [-0.15, -0.1) is 0 Å². The Labute approximate surface area is 122 Å². The second-order valence-corrected chi connectivity index (χ2v) is 5.21. The minimum Gasteiger partial charge on any atom is -0.394 e. The Bertz CT molecular complexity index is 723. The fourth-order valence-electron chi connectivity index (χ4n) is 2.24. The summed E-state index contributed by atoms with van der Waals surface area (Å²) in [4.78, 5) is 4.42. The van der Waals surface area contributed by atoms with Crippen LogP contribution >= 0.6 is 0 Å². The van der Waals surface area contributed by atoms with E-state index in [9.17, 15) is 0 Å². The zero-order valence-corrected chi connectivity index (χ0v) is 12.1. The maximum absolute atomic E-state index is 8.92. The van der Waals surface area contributed by atoms with Crippen molar-refractivity contribution in [1.29, 1.82) is 0 Å². The minimum absolute atomic E-state index is 0.0718. The Morgan fingerprint density at radius 2 is 2.14 bits per heavy atom. The Morgan fingerprint density at radius 3 is 2.90 bits per heavy atom. The van der Waals surface area contributed by atoms with Crippen LogP contribution in [0.5, 0.6) is 0 Å². The van der Waals surface area contributed by atoms with Crippen LogP contribution in [0.15, 0.2) is 31.1 Å². The highest BCUT2D eigenvalue weighted by atomic mass is 16.3. The average molecular weight is 286 g/mol. The van der Waals surface area contributed by atoms with E-state index in [-0.39, 0.29) is 6.61 Å². The van der Waals surface area contributed by atoms with Crippen molar-refractivity contribution in [3.05, 3.63) is 36.8 Å². The lowest BCUT2D eigenvalue weighted by Gasteiger charge is -2.05. The lowest BCUT2D eigenvalue weighted by Crippen LogP contribution is -2.01. The van der Waals surface area contributed by atoms with Gasteiger partial charge in [-0.2, -0.15) is 10.2 Å². The Morgan fingerprint density at radius 1 is 1.29 bits per heavy atom. The molecule has 0 atom stereocenters. The van der Waals surface area contributed by atoms with E-state index in [1.165, 1.54) is 0 Å². The number of H-pyrrole nitrogens is 1. The molecule has 0 spiro atoms. The van der Waals surface area contributed by atoms with Gasteiger partial charge >= 0.3 is 0 Å². The normalized spacial score (nSPS) is 11.4. The first-order valence-electron chi connectivity index (χ1n) is 6.90. The predicted molar refractivity (Wildman–Crippen MR) is 78.1 cm³/mol. The third kappa shape index (κ3) is 2.59. The van der Waals surface area contributed by atoms with E-state index < -0.39 is 0 Å². The van der Waals surface area contributed by atoms with Crippen LogP contribution in [-0.2, 0) is 6.54 Å². The summed E-state index contributed by atoms with van der Waals surface area (Å²) in [6.45, 7) is 4.80. The summed E-state index contributed by atoms with van der Waals surface area (Å²) in [6.07, 6.45) is 9.16. The SMILES string of the molecule is CC(C)c1[nH]ncc1-n1cnc(-c2cnn(CCO)c2)c1. The fourth-order valence-corrected chi connectivity index (χ4v) is 2.24. The topological polar surface area (TPSA) is 84.5 Å². The quantitative estimate of drug-likeness (QED) is 0.745. The molecule has 0 saturated carbocycles. The second kappa shape index (κ2) is 5.53. The molecule has 3 heterocycles. The van der Waals surface area contributed by atoms with E-state index in [0.29, 0.717) is 12.5 Å². The molecule has 0 bridgehead atoms. The third-order valence-corrected chi connectivity index (χ3v) is 3.34. The minimum atomic E-state index is 0.0718. The van der Waals surface area contributed by atoms with Crippen molar-refractivity contribution in [3.8, 4) is 16.9 Å². The van der Waals surface area contributed by atoms with Gasteiger partial charge in [-0.1, -0.05) is 13.8 Å². The molecular formula is C14H18N6O. The van der Waals surface area contributed by atoms with Crippen LogP contribution in [0.1, 0.15) is 25.5 Å². The molecule has 0 amide bonds. The summed E-state index contributed by atoms with van der Waals surface area (Å²) >= 11 is 0. The van der Waals surface area contributed by atoms with E-state index in [4.69, 9.17) is 5.11 Å². The molecule has 0 radical (unpaired) electrons. The van der Waals surface area contributed by atoms with Gasteiger partial charge in [-0.25, -0.2) is 4.98 Å². The molecule has 0 aromatic carbocycles. The molecule has 0 aliphatic rings. The molecule has 0 saturated heterocycles. The molecule has 0 fully saturated rings. The number of hydrogen-bond acceptors (Lipinski definition) is 4. The number of aliphatic hydroxyl groups is 1. The molecule has 7 nitrogen and oxygen atoms in total. The van der Waals surface area contributed by atoms with E-state index in [1.807, 2.05) is 17.0 Å². The first-order chi connectivity index (χ1) is 10.2. The molecule has 3 rings (SSSR count). The highest BCUT2D eigenvalue weighted by Crippen LogP contribution is 2.23. The lowest BCUT2D eigenvalue weighted by molar-refractivity contribution is 0.269. The number of rotatable bonds is 5. The number of aliphatic hydroxyl groups excluding tert-OH is 1. The van der Waals surface area contributed by atoms with Crippen molar-refractivity contribution in [2.75, 3.05) is 6.61 Å². The Balaban J connectivity index is 1.90. The van der Waals surface area contributed by atoms with E-state index in [2.05, 4.69) is 34.1 Å². The van der Waals surface area contributed by atoms with E-state index in [0.717, 1.165) is 22.6 Å². The lowest BCUT2D eigenvalue weighted by atomic mass is 10.1. The first-order valence-corrected chi connectivity index (χ1v) is 6.90. The number of nitrogens with zero attached hydrogens (tertiary/aromatic N) is 5. The second-order valence-electron chi connectivity index (χ2n) is 5.21. The maximum Gasteiger partial charge on any atom is 0.100 e. The van der Waals surface area contributed by atoms with Gasteiger partial charge in [0.25, 0.3) is 0 Å². The molecule has 7 heteroatoms. The van der Waals surface area contributed by atoms with Crippen LogP contribution in [-0.4, -0.2) is 41.2 Å². The van der Waals surface area contributed by atoms with Crippen LogP contribution in [0, 0.1) is 0 Å². The summed E-state index contributed by atoms with van der Waals surface area (Å²) in [7, 11) is 0. The number of aromatic amines is 1. The van der Waals surface area contributed by atoms with Crippen LogP contribution in [0.25, 0.3) is 16.9 Å². The summed E-state index contributed by atoms with van der Waals surface area (Å²) in [5.41, 5.74) is 3.85. The zero-order valence-electron chi connectivity index (χ0n) is 12.1. The fraction of sp³-hybridized carbons (Fsp3) is 0.357. The zero-order chi connectivity index (χ0) is 14.8. The van der Waals surface area contributed by atoms with Gasteiger partial charge in [0, 0.05) is 18.0 Å². The molecule has 110 valence electrons. The van der Waals surface area contributed by atoms with Gasteiger partial charge in [0.1, 0.15) is 6.33 Å². The highest BCUT2D eigenvalue weighted by molar-refractivity contribution is 5.57. The Hall–Kier alpha value is -2.41. The van der Waals surface area contributed by atoms with Crippen molar-refractivity contribution in [2.24, 2.45) is 0 Å². The summed E-state index contributed by atoms with van der Waals surface area (Å²) in [6, 6.07) is 0. The van der Waals surface area contributed by atoms with Gasteiger partial charge in [0.2, 0.25) is 0 Å².